The number of allylic oxidation sites excluding steroid dienone is 1. The van der Waals surface area contributed by atoms with Crippen LogP contribution in [0.3, 0.4) is 0 Å². The minimum absolute atomic E-state index is 0.0436. The van der Waals surface area contributed by atoms with Crippen LogP contribution >= 0.6 is 0 Å². The molecule has 63 heavy (non-hydrogen) atoms. The number of aliphatic hydroxyl groups excluding tert-OH is 1. The van der Waals surface area contributed by atoms with Gasteiger partial charge in [-0.05, 0) is 60.7 Å². The number of benzene rings is 3. The molecule has 4 rings (SSSR count). The number of rotatable bonds is 17. The fraction of sp³-hybridized carbons (Fsp3) is 0.372. The summed E-state index contributed by atoms with van der Waals surface area (Å²) in [4.78, 5) is 89.4. The Bertz CT molecular complexity index is 1960. The smallest absolute Gasteiger partial charge is 0.461 e. The lowest BCUT2D eigenvalue weighted by Crippen LogP contribution is -2.46. The van der Waals surface area contributed by atoms with E-state index in [4.69, 9.17) is 37.9 Å². The van der Waals surface area contributed by atoms with Gasteiger partial charge in [0, 0.05) is 0 Å². The average molecular weight is 883 g/mol. The molecule has 0 aliphatic heterocycles. The summed E-state index contributed by atoms with van der Waals surface area (Å²) in [6.07, 6.45) is -4.09. The van der Waals surface area contributed by atoms with E-state index in [1.165, 1.54) is 72.8 Å². The fourth-order valence-corrected chi connectivity index (χ4v) is 6.21. The largest absolute Gasteiger partial charge is 0.513 e. The number of hydrogen-bond acceptors (Lipinski definition) is 20. The maximum atomic E-state index is 13.7. The summed E-state index contributed by atoms with van der Waals surface area (Å²) in [7, 11) is 4.29. The number of esters is 3. The fourth-order valence-electron chi connectivity index (χ4n) is 6.21. The van der Waals surface area contributed by atoms with E-state index in [0.717, 1.165) is 28.4 Å². The summed E-state index contributed by atoms with van der Waals surface area (Å²) in [5.74, 6) is -5.38. The van der Waals surface area contributed by atoms with Crippen LogP contribution in [-0.4, -0.2) is 109 Å². The Hall–Kier alpha value is -7.19. The van der Waals surface area contributed by atoms with E-state index in [-0.39, 0.29) is 51.5 Å². The molecule has 0 saturated heterocycles. The van der Waals surface area contributed by atoms with Gasteiger partial charge in [0.25, 0.3) is 0 Å². The van der Waals surface area contributed by atoms with Crippen molar-refractivity contribution in [3.63, 3.8) is 0 Å². The monoisotopic (exact) mass is 882 g/mol. The first kappa shape index (κ1) is 48.5. The predicted octanol–water partition coefficient (Wildman–Crippen LogP) is 6.27. The maximum Gasteiger partial charge on any atom is 0.513 e. The second-order valence-corrected chi connectivity index (χ2v) is 13.9. The van der Waals surface area contributed by atoms with Crippen molar-refractivity contribution in [1.29, 1.82) is 0 Å². The Labute approximate surface area is 360 Å². The minimum atomic E-state index is -1.94. The van der Waals surface area contributed by atoms with E-state index in [1.54, 1.807) is 13.0 Å². The van der Waals surface area contributed by atoms with Gasteiger partial charge in [-0.2, -0.15) is 0 Å². The molecule has 1 aliphatic carbocycles. The Kier molecular flexibility index (Phi) is 17.8. The topological polar surface area (TPSA) is 250 Å². The second-order valence-electron chi connectivity index (χ2n) is 13.9. The van der Waals surface area contributed by atoms with Gasteiger partial charge in [0.2, 0.25) is 0 Å². The van der Waals surface area contributed by atoms with Crippen molar-refractivity contribution in [3.05, 3.63) is 101 Å². The zero-order valence-corrected chi connectivity index (χ0v) is 35.1. The minimum Gasteiger partial charge on any atom is -0.461 e. The van der Waals surface area contributed by atoms with Gasteiger partial charge in [-0.25, -0.2) is 33.6 Å². The average Bonchev–Trinajstić information content (AvgIpc) is 3.28. The zero-order chi connectivity index (χ0) is 46.1. The SMILES string of the molecule is COC(=O)OC1=CC(C)CC(C)C1C(O)OCC(COC(=O)c1ccccc1OC(=O)OC)(COC(=O)c1ccccc1OC(=O)OC)COC(=O)c1ccccc1OC(=O)OC. The molecule has 0 bridgehead atoms. The first-order chi connectivity index (χ1) is 30.1. The van der Waals surface area contributed by atoms with E-state index in [1.807, 2.05) is 6.92 Å². The maximum absolute atomic E-state index is 13.7. The molecule has 4 atom stereocenters. The van der Waals surface area contributed by atoms with Crippen molar-refractivity contribution >= 4 is 42.5 Å². The van der Waals surface area contributed by atoms with Crippen molar-refractivity contribution in [2.75, 3.05) is 54.9 Å². The number of methoxy groups -OCH3 is 4. The predicted molar refractivity (Wildman–Crippen MR) is 212 cm³/mol. The van der Waals surface area contributed by atoms with E-state index in [9.17, 15) is 38.7 Å². The molecule has 0 heterocycles. The first-order valence-corrected chi connectivity index (χ1v) is 19.0. The van der Waals surface area contributed by atoms with E-state index >= 15 is 0 Å². The third kappa shape index (κ3) is 13.7. The molecule has 0 fully saturated rings. The van der Waals surface area contributed by atoms with Gasteiger partial charge in [-0.15, -0.1) is 0 Å². The Morgan fingerprint density at radius 2 is 0.905 bits per heavy atom. The van der Waals surface area contributed by atoms with Gasteiger partial charge >= 0.3 is 42.5 Å². The molecule has 0 spiro atoms. The number of ether oxygens (including phenoxy) is 12. The Morgan fingerprint density at radius 1 is 0.556 bits per heavy atom. The van der Waals surface area contributed by atoms with Crippen LogP contribution in [0, 0.1) is 23.2 Å². The van der Waals surface area contributed by atoms with Gasteiger partial charge in [-0.1, -0.05) is 50.2 Å². The van der Waals surface area contributed by atoms with Crippen molar-refractivity contribution < 1.29 is 95.5 Å². The Balaban J connectivity index is 1.77. The summed E-state index contributed by atoms with van der Waals surface area (Å²) in [5, 5.41) is 11.6. The zero-order valence-electron chi connectivity index (χ0n) is 35.1. The first-order valence-electron chi connectivity index (χ1n) is 19.0. The van der Waals surface area contributed by atoms with Gasteiger partial charge in [0.15, 0.2) is 6.29 Å². The van der Waals surface area contributed by atoms with Crippen molar-refractivity contribution in [1.82, 2.24) is 0 Å². The highest BCUT2D eigenvalue weighted by Crippen LogP contribution is 2.38. The summed E-state index contributed by atoms with van der Waals surface area (Å²) in [6.45, 7) is 0.545. The van der Waals surface area contributed by atoms with E-state index in [0.29, 0.717) is 6.42 Å². The van der Waals surface area contributed by atoms with Crippen molar-refractivity contribution in [2.45, 2.75) is 26.6 Å². The highest BCUT2D eigenvalue weighted by atomic mass is 16.7. The van der Waals surface area contributed by atoms with Gasteiger partial charge in [-0.3, -0.25) is 0 Å². The molecule has 1 aliphatic rings. The number of para-hydroxylation sites is 3. The summed E-state index contributed by atoms with van der Waals surface area (Å²) >= 11 is 0. The number of aliphatic hydroxyl groups is 1. The van der Waals surface area contributed by atoms with Gasteiger partial charge in [0.05, 0.1) is 46.4 Å². The molecular formula is C43H46O20. The van der Waals surface area contributed by atoms with Crippen LogP contribution in [0.25, 0.3) is 0 Å². The molecule has 1 N–H and O–H groups in total. The molecular weight excluding hydrogens is 836 g/mol. The van der Waals surface area contributed by atoms with E-state index in [2.05, 4.69) is 18.9 Å². The van der Waals surface area contributed by atoms with E-state index < -0.39 is 86.6 Å². The summed E-state index contributed by atoms with van der Waals surface area (Å²) < 4.78 is 62.2. The highest BCUT2D eigenvalue weighted by molar-refractivity contribution is 5.94. The quantitative estimate of drug-likeness (QED) is 0.0678. The third-order valence-electron chi connectivity index (χ3n) is 9.30. The number of carbonyl (C=O) groups is 7. The number of hydrogen-bond donors (Lipinski definition) is 1. The normalized spacial score (nSPS) is 16.1. The molecule has 20 nitrogen and oxygen atoms in total. The third-order valence-corrected chi connectivity index (χ3v) is 9.30. The lowest BCUT2D eigenvalue weighted by Gasteiger charge is -2.37. The molecule has 0 amide bonds. The molecule has 0 radical (unpaired) electrons. The van der Waals surface area contributed by atoms with Crippen LogP contribution in [0.2, 0.25) is 0 Å². The summed E-state index contributed by atoms with van der Waals surface area (Å²) in [6, 6.07) is 16.5. The number of carbonyl (C=O) groups excluding carboxylic acids is 7. The highest BCUT2D eigenvalue weighted by Gasteiger charge is 2.42. The van der Waals surface area contributed by atoms with Crippen LogP contribution in [0.5, 0.6) is 17.2 Å². The molecule has 3 aromatic carbocycles. The molecule has 3 aromatic rings. The molecule has 20 heteroatoms. The van der Waals surface area contributed by atoms with Crippen molar-refractivity contribution in [2.24, 2.45) is 23.2 Å². The van der Waals surface area contributed by atoms with Crippen LogP contribution in [0.4, 0.5) is 19.2 Å². The van der Waals surface area contributed by atoms with Crippen LogP contribution in [0.15, 0.2) is 84.6 Å². The lowest BCUT2D eigenvalue weighted by atomic mass is 9.79. The Morgan fingerprint density at radius 3 is 1.27 bits per heavy atom. The molecule has 4 unspecified atom stereocenters. The lowest BCUT2D eigenvalue weighted by molar-refractivity contribution is -0.181. The molecule has 338 valence electrons. The standard InChI is InChI=1S/C43H46O20/c1-25-19-26(2)34(33(20-25)63-42(51)55-6)38(47)59-24-43(21-56-35(44)27-13-7-10-16-30(27)60-39(48)52-3,22-57-36(45)28-14-8-11-17-31(28)61-40(49)53-4)23-58-37(46)29-15-9-12-18-32(29)62-41(50)54-5/h7-18,20,25-26,34,38,47H,19,21-24H2,1-6H3. The van der Waals surface area contributed by atoms with Crippen LogP contribution in [0.1, 0.15) is 51.3 Å². The van der Waals surface area contributed by atoms with Gasteiger partial charge < -0.3 is 61.9 Å². The van der Waals surface area contributed by atoms with Crippen molar-refractivity contribution in [3.8, 4) is 17.2 Å². The molecule has 0 aromatic heterocycles. The van der Waals surface area contributed by atoms with Crippen LogP contribution < -0.4 is 14.2 Å². The second kappa shape index (κ2) is 23.1. The summed E-state index contributed by atoms with van der Waals surface area (Å²) in [5.41, 5.74) is -2.70. The van der Waals surface area contributed by atoms with Crippen LogP contribution in [-0.2, 0) is 42.6 Å². The van der Waals surface area contributed by atoms with Gasteiger partial charge in [0.1, 0.15) is 59.5 Å². The molecule has 0 saturated carbocycles.